The van der Waals surface area contributed by atoms with E-state index in [-0.39, 0.29) is 12.3 Å². The first-order chi connectivity index (χ1) is 13.4. The number of rotatable bonds is 5. The van der Waals surface area contributed by atoms with Crippen LogP contribution in [0.25, 0.3) is 0 Å². The largest absolute Gasteiger partial charge is 0.343 e. The zero-order chi connectivity index (χ0) is 20.1. The molecule has 3 aromatic rings. The van der Waals surface area contributed by atoms with Crippen LogP contribution in [0.1, 0.15) is 31.2 Å². The van der Waals surface area contributed by atoms with Crippen LogP contribution in [0.15, 0.2) is 60.7 Å². The van der Waals surface area contributed by atoms with Crippen molar-refractivity contribution < 1.29 is 14.4 Å². The summed E-state index contributed by atoms with van der Waals surface area (Å²) in [6, 6.07) is 18.1. The van der Waals surface area contributed by atoms with E-state index in [4.69, 9.17) is 0 Å². The lowest BCUT2D eigenvalue weighted by atomic mass is 10.1. The van der Waals surface area contributed by atoms with Gasteiger partial charge in [0.25, 0.3) is 0 Å². The minimum Gasteiger partial charge on any atom is -0.343 e. The Balaban J connectivity index is 1.57. The Bertz CT molecular complexity index is 1010. The third kappa shape index (κ3) is 4.92. The number of anilines is 1. The molecule has 0 atom stereocenters. The lowest BCUT2D eigenvalue weighted by Gasteiger charge is -2.07. The molecule has 0 radical (unpaired) electrons. The van der Waals surface area contributed by atoms with Gasteiger partial charge in [-0.05, 0) is 49.2 Å². The fourth-order valence-electron chi connectivity index (χ4n) is 2.81. The summed E-state index contributed by atoms with van der Waals surface area (Å²) in [6.45, 7) is 4.04. The van der Waals surface area contributed by atoms with E-state index >= 15 is 0 Å². The SMILES string of the molecule is Cc1cc(C)cc(NC(=O)C(=O)NCc2ccc(C(=O)c3ccccc3)s2)c1. The molecule has 2 aromatic carbocycles. The highest BCUT2D eigenvalue weighted by Gasteiger charge is 2.15. The number of hydrogen-bond donors (Lipinski definition) is 2. The average molecular weight is 392 g/mol. The number of hydrogen-bond acceptors (Lipinski definition) is 4. The van der Waals surface area contributed by atoms with Gasteiger partial charge in [-0.25, -0.2) is 0 Å². The fraction of sp³-hybridized carbons (Fsp3) is 0.136. The summed E-state index contributed by atoms with van der Waals surface area (Å²) in [7, 11) is 0. The van der Waals surface area contributed by atoms with Crippen molar-refractivity contribution in [1.29, 1.82) is 0 Å². The average Bonchev–Trinajstić information content (AvgIpc) is 3.14. The summed E-state index contributed by atoms with van der Waals surface area (Å²) in [5.74, 6) is -1.50. The highest BCUT2D eigenvalue weighted by atomic mass is 32.1. The molecule has 0 saturated carbocycles. The lowest BCUT2D eigenvalue weighted by Crippen LogP contribution is -2.34. The molecule has 0 bridgehead atoms. The highest BCUT2D eigenvalue weighted by Crippen LogP contribution is 2.20. The van der Waals surface area contributed by atoms with Gasteiger partial charge in [0.05, 0.1) is 11.4 Å². The van der Waals surface area contributed by atoms with E-state index in [1.165, 1.54) is 11.3 Å². The number of carbonyl (C=O) groups excluding carboxylic acids is 3. The van der Waals surface area contributed by atoms with Gasteiger partial charge in [-0.1, -0.05) is 36.4 Å². The summed E-state index contributed by atoms with van der Waals surface area (Å²) < 4.78 is 0. The number of ketones is 1. The summed E-state index contributed by atoms with van der Waals surface area (Å²) in [6.07, 6.45) is 0. The van der Waals surface area contributed by atoms with E-state index < -0.39 is 11.8 Å². The molecule has 28 heavy (non-hydrogen) atoms. The van der Waals surface area contributed by atoms with Gasteiger partial charge in [0.2, 0.25) is 5.78 Å². The summed E-state index contributed by atoms with van der Waals surface area (Å²) in [4.78, 5) is 38.0. The molecule has 1 aromatic heterocycles. The van der Waals surface area contributed by atoms with Crippen LogP contribution in [0.2, 0.25) is 0 Å². The lowest BCUT2D eigenvalue weighted by molar-refractivity contribution is -0.136. The number of benzene rings is 2. The number of aryl methyl sites for hydroxylation is 2. The van der Waals surface area contributed by atoms with Crippen LogP contribution >= 0.6 is 11.3 Å². The van der Waals surface area contributed by atoms with Gasteiger partial charge in [-0.3, -0.25) is 14.4 Å². The fourth-order valence-corrected chi connectivity index (χ4v) is 3.72. The van der Waals surface area contributed by atoms with Gasteiger partial charge < -0.3 is 10.6 Å². The molecule has 0 spiro atoms. The number of carbonyl (C=O) groups is 3. The minimum atomic E-state index is -0.720. The Morgan fingerprint density at radius 2 is 1.54 bits per heavy atom. The first-order valence-electron chi connectivity index (χ1n) is 8.78. The molecule has 0 aliphatic heterocycles. The predicted molar refractivity (Wildman–Crippen MR) is 111 cm³/mol. The summed E-state index contributed by atoms with van der Waals surface area (Å²) >= 11 is 1.30. The van der Waals surface area contributed by atoms with Crippen molar-refractivity contribution >= 4 is 34.6 Å². The smallest absolute Gasteiger partial charge is 0.313 e. The maximum absolute atomic E-state index is 12.4. The van der Waals surface area contributed by atoms with E-state index in [9.17, 15) is 14.4 Å². The van der Waals surface area contributed by atoms with Gasteiger partial charge in [0.1, 0.15) is 0 Å². The molecular formula is C22H20N2O3S. The third-order valence-electron chi connectivity index (χ3n) is 4.03. The van der Waals surface area contributed by atoms with E-state index in [0.717, 1.165) is 16.0 Å². The number of thiophene rings is 1. The van der Waals surface area contributed by atoms with Crippen LogP contribution in [0.5, 0.6) is 0 Å². The first kappa shape index (κ1) is 19.5. The van der Waals surface area contributed by atoms with E-state index in [1.54, 1.807) is 36.4 Å². The normalized spacial score (nSPS) is 10.4. The molecule has 5 nitrogen and oxygen atoms in total. The molecule has 2 amide bonds. The quantitative estimate of drug-likeness (QED) is 0.512. The van der Waals surface area contributed by atoms with Crippen LogP contribution in [0, 0.1) is 13.8 Å². The third-order valence-corrected chi connectivity index (χ3v) is 5.11. The van der Waals surface area contributed by atoms with Gasteiger partial charge >= 0.3 is 11.8 Å². The number of amides is 2. The van der Waals surface area contributed by atoms with Gasteiger partial charge in [-0.2, -0.15) is 0 Å². The monoisotopic (exact) mass is 392 g/mol. The summed E-state index contributed by atoms with van der Waals surface area (Å²) in [5, 5.41) is 5.19. The molecular weight excluding hydrogens is 372 g/mol. The zero-order valence-electron chi connectivity index (χ0n) is 15.6. The molecule has 0 aliphatic carbocycles. The van der Waals surface area contributed by atoms with Crippen molar-refractivity contribution in [2.45, 2.75) is 20.4 Å². The maximum atomic E-state index is 12.4. The van der Waals surface area contributed by atoms with Gasteiger partial charge in [-0.15, -0.1) is 11.3 Å². The van der Waals surface area contributed by atoms with Crippen LogP contribution in [-0.4, -0.2) is 17.6 Å². The predicted octanol–water partition coefficient (Wildman–Crippen LogP) is 3.85. The van der Waals surface area contributed by atoms with E-state index in [0.29, 0.717) is 16.1 Å². The number of nitrogens with one attached hydrogen (secondary N) is 2. The summed E-state index contributed by atoms with van der Waals surface area (Å²) in [5.41, 5.74) is 3.21. The van der Waals surface area contributed by atoms with Crippen molar-refractivity contribution in [3.05, 3.63) is 87.1 Å². The van der Waals surface area contributed by atoms with E-state index in [2.05, 4.69) is 10.6 Å². The van der Waals surface area contributed by atoms with Crippen LogP contribution in [-0.2, 0) is 16.1 Å². The Hall–Kier alpha value is -3.25. The second-order valence-electron chi connectivity index (χ2n) is 6.47. The second kappa shape index (κ2) is 8.63. The Kier molecular flexibility index (Phi) is 6.01. The second-order valence-corrected chi connectivity index (χ2v) is 7.64. The topological polar surface area (TPSA) is 75.3 Å². The molecule has 142 valence electrons. The standard InChI is InChI=1S/C22H20N2O3S/c1-14-10-15(2)12-17(11-14)24-22(27)21(26)23-13-18-8-9-19(28-18)20(25)16-6-4-3-5-7-16/h3-12H,13H2,1-2H3,(H,23,26)(H,24,27). The molecule has 0 unspecified atom stereocenters. The van der Waals surface area contributed by atoms with Crippen molar-refractivity contribution in [2.24, 2.45) is 0 Å². The van der Waals surface area contributed by atoms with Crippen LogP contribution < -0.4 is 10.6 Å². The Morgan fingerprint density at radius 3 is 2.21 bits per heavy atom. The van der Waals surface area contributed by atoms with Crippen molar-refractivity contribution in [3.8, 4) is 0 Å². The minimum absolute atomic E-state index is 0.0595. The Labute approximate surface area is 167 Å². The zero-order valence-corrected chi connectivity index (χ0v) is 16.4. The maximum Gasteiger partial charge on any atom is 0.313 e. The molecule has 2 N–H and O–H groups in total. The molecule has 0 fully saturated rings. The van der Waals surface area contributed by atoms with Crippen LogP contribution in [0.3, 0.4) is 0 Å². The molecule has 1 heterocycles. The van der Waals surface area contributed by atoms with Crippen LogP contribution in [0.4, 0.5) is 5.69 Å². The Morgan fingerprint density at radius 1 is 0.857 bits per heavy atom. The van der Waals surface area contributed by atoms with Crippen molar-refractivity contribution in [2.75, 3.05) is 5.32 Å². The molecule has 0 aliphatic rings. The van der Waals surface area contributed by atoms with Crippen molar-refractivity contribution in [1.82, 2.24) is 5.32 Å². The van der Waals surface area contributed by atoms with Gasteiger partial charge in [0, 0.05) is 16.1 Å². The molecule has 6 heteroatoms. The molecule has 0 saturated heterocycles. The first-order valence-corrected chi connectivity index (χ1v) is 9.60. The molecule has 3 rings (SSSR count). The van der Waals surface area contributed by atoms with E-state index in [1.807, 2.05) is 38.1 Å². The van der Waals surface area contributed by atoms with Gasteiger partial charge in [0.15, 0.2) is 0 Å². The van der Waals surface area contributed by atoms with Crippen molar-refractivity contribution in [3.63, 3.8) is 0 Å². The highest BCUT2D eigenvalue weighted by molar-refractivity contribution is 7.14.